The van der Waals surface area contributed by atoms with Gasteiger partial charge in [-0.15, -0.1) is 0 Å². The second kappa shape index (κ2) is 9.40. The maximum atomic E-state index is 13.8. The highest BCUT2D eigenvalue weighted by molar-refractivity contribution is 6.32. The summed E-state index contributed by atoms with van der Waals surface area (Å²) in [6.07, 6.45) is 0.864. The number of amides is 1. The quantitative estimate of drug-likeness (QED) is 0.283. The number of rotatable bonds is 6. The number of hydrogen-bond acceptors (Lipinski definition) is 4. The summed E-state index contributed by atoms with van der Waals surface area (Å²) in [5.41, 5.74) is 2.64. The Balaban J connectivity index is 1.71. The zero-order valence-electron chi connectivity index (χ0n) is 19.3. The van der Waals surface area contributed by atoms with Gasteiger partial charge in [-0.3, -0.25) is 9.59 Å². The minimum atomic E-state index is -0.667. The number of hydrogen-bond donors (Lipinski definition) is 0. The summed E-state index contributed by atoms with van der Waals surface area (Å²) in [7, 11) is 0. The minimum Gasteiger partial charge on any atom is -0.494 e. The maximum Gasteiger partial charge on any atom is 0.291 e. The molecule has 1 aliphatic heterocycles. The average Bonchev–Trinajstić information content (AvgIpc) is 3.12. The highest BCUT2D eigenvalue weighted by Gasteiger charge is 2.43. The van der Waals surface area contributed by atoms with Crippen molar-refractivity contribution in [2.45, 2.75) is 32.9 Å². The van der Waals surface area contributed by atoms with E-state index in [9.17, 15) is 9.59 Å². The van der Waals surface area contributed by atoms with Crippen LogP contribution in [0.1, 0.15) is 52.2 Å². The lowest BCUT2D eigenvalue weighted by atomic mass is 9.97. The van der Waals surface area contributed by atoms with Gasteiger partial charge >= 0.3 is 0 Å². The van der Waals surface area contributed by atoms with Gasteiger partial charge in [-0.1, -0.05) is 60.5 Å². The van der Waals surface area contributed by atoms with Crippen LogP contribution in [-0.2, 0) is 6.54 Å². The zero-order chi connectivity index (χ0) is 24.7. The first-order valence-corrected chi connectivity index (χ1v) is 12.2. The minimum absolute atomic E-state index is 0.0427. The van der Waals surface area contributed by atoms with Crippen molar-refractivity contribution in [1.82, 2.24) is 4.90 Å². The van der Waals surface area contributed by atoms with E-state index in [0.29, 0.717) is 38.9 Å². The summed E-state index contributed by atoms with van der Waals surface area (Å²) in [5.74, 6) is 0.351. The Morgan fingerprint density at radius 1 is 1.00 bits per heavy atom. The van der Waals surface area contributed by atoms with Gasteiger partial charge in [-0.25, -0.2) is 0 Å². The van der Waals surface area contributed by atoms with Crippen LogP contribution in [0.3, 0.4) is 0 Å². The third-order valence-corrected chi connectivity index (χ3v) is 6.97. The largest absolute Gasteiger partial charge is 0.494 e. The first kappa shape index (κ1) is 23.5. The van der Waals surface area contributed by atoms with Crippen LogP contribution < -0.4 is 10.2 Å². The highest BCUT2D eigenvalue weighted by Crippen LogP contribution is 2.41. The molecule has 0 radical (unpaired) electrons. The van der Waals surface area contributed by atoms with Crippen molar-refractivity contribution >= 4 is 40.1 Å². The second-order valence-corrected chi connectivity index (χ2v) is 9.43. The highest BCUT2D eigenvalue weighted by atomic mass is 35.5. The number of carbonyl (C=O) groups excluding carboxylic acids is 1. The number of carbonyl (C=O) groups is 1. The topological polar surface area (TPSA) is 59.8 Å². The standard InChI is InChI=1S/C28H23Cl2NO4/c1-3-11-34-19-9-6-8-17(13-19)25-24-26(32)20-14-22(30)16(2)12-23(20)35-27(24)28(33)31(25)15-18-7-4-5-10-21(18)29/h4-10,12-14,25H,3,11,15H2,1-2H3. The Morgan fingerprint density at radius 2 is 1.80 bits per heavy atom. The van der Waals surface area contributed by atoms with Crippen molar-refractivity contribution in [2.75, 3.05) is 6.61 Å². The lowest BCUT2D eigenvalue weighted by Crippen LogP contribution is -2.29. The van der Waals surface area contributed by atoms with E-state index in [2.05, 4.69) is 0 Å². The van der Waals surface area contributed by atoms with Crippen LogP contribution in [0.2, 0.25) is 10.0 Å². The first-order valence-electron chi connectivity index (χ1n) is 11.4. The lowest BCUT2D eigenvalue weighted by Gasteiger charge is -2.26. The molecule has 1 aliphatic rings. The molecule has 0 saturated heterocycles. The second-order valence-electron chi connectivity index (χ2n) is 8.62. The first-order chi connectivity index (χ1) is 16.9. The smallest absolute Gasteiger partial charge is 0.291 e. The van der Waals surface area contributed by atoms with Crippen molar-refractivity contribution in [3.05, 3.63) is 109 Å². The number of ether oxygens (including phenoxy) is 1. The van der Waals surface area contributed by atoms with Gasteiger partial charge < -0.3 is 14.1 Å². The van der Waals surface area contributed by atoms with Crippen LogP contribution in [0.25, 0.3) is 11.0 Å². The summed E-state index contributed by atoms with van der Waals surface area (Å²) in [6.45, 7) is 4.63. The van der Waals surface area contributed by atoms with Gasteiger partial charge in [0.2, 0.25) is 5.76 Å². The molecule has 2 heterocycles. The molecule has 35 heavy (non-hydrogen) atoms. The number of benzene rings is 3. The van der Waals surface area contributed by atoms with Crippen LogP contribution in [-0.4, -0.2) is 17.4 Å². The predicted molar refractivity (Wildman–Crippen MR) is 138 cm³/mol. The van der Waals surface area contributed by atoms with Crippen molar-refractivity contribution < 1.29 is 13.9 Å². The van der Waals surface area contributed by atoms with E-state index in [1.807, 2.05) is 56.3 Å². The van der Waals surface area contributed by atoms with E-state index in [1.165, 1.54) is 0 Å². The normalized spacial score (nSPS) is 15.0. The molecule has 178 valence electrons. The molecule has 1 amide bonds. The molecule has 1 atom stereocenters. The van der Waals surface area contributed by atoms with Crippen molar-refractivity contribution in [3.63, 3.8) is 0 Å². The van der Waals surface area contributed by atoms with Crippen LogP contribution in [0.15, 0.2) is 69.9 Å². The van der Waals surface area contributed by atoms with E-state index >= 15 is 0 Å². The van der Waals surface area contributed by atoms with Crippen molar-refractivity contribution in [3.8, 4) is 5.75 Å². The molecule has 1 aromatic heterocycles. The Kier molecular flexibility index (Phi) is 6.30. The van der Waals surface area contributed by atoms with Crippen molar-refractivity contribution in [1.29, 1.82) is 0 Å². The number of halogens is 2. The van der Waals surface area contributed by atoms with Gasteiger partial charge in [-0.2, -0.15) is 0 Å². The number of nitrogens with zero attached hydrogens (tertiary/aromatic N) is 1. The van der Waals surface area contributed by atoms with Gasteiger partial charge in [0.05, 0.1) is 23.6 Å². The van der Waals surface area contributed by atoms with E-state index in [1.54, 1.807) is 23.1 Å². The fourth-order valence-corrected chi connectivity index (χ4v) is 4.81. The average molecular weight is 508 g/mol. The molecule has 0 fully saturated rings. The predicted octanol–water partition coefficient (Wildman–Crippen LogP) is 6.94. The van der Waals surface area contributed by atoms with Gasteiger partial charge in [0, 0.05) is 16.6 Å². The summed E-state index contributed by atoms with van der Waals surface area (Å²) >= 11 is 12.8. The molecule has 0 aliphatic carbocycles. The SMILES string of the molecule is CCCOc1cccc(C2c3c(oc4cc(C)c(Cl)cc4c3=O)C(=O)N2Cc2ccccc2Cl)c1. The van der Waals surface area contributed by atoms with E-state index in [0.717, 1.165) is 23.1 Å². The fourth-order valence-electron chi connectivity index (χ4n) is 4.45. The molecule has 7 heteroatoms. The molecule has 5 rings (SSSR count). The molecule has 0 saturated carbocycles. The molecular weight excluding hydrogens is 485 g/mol. The van der Waals surface area contributed by atoms with Crippen LogP contribution in [0.5, 0.6) is 5.75 Å². The summed E-state index contributed by atoms with van der Waals surface area (Å²) in [6, 6.07) is 17.5. The van der Waals surface area contributed by atoms with Gasteiger partial charge in [0.25, 0.3) is 5.91 Å². The van der Waals surface area contributed by atoms with Gasteiger partial charge in [-0.05, 0) is 60.4 Å². The summed E-state index contributed by atoms with van der Waals surface area (Å²) < 4.78 is 11.9. The van der Waals surface area contributed by atoms with Gasteiger partial charge in [0.15, 0.2) is 5.43 Å². The third-order valence-electron chi connectivity index (χ3n) is 6.19. The third kappa shape index (κ3) is 4.19. The molecule has 0 spiro atoms. The molecular formula is C28H23Cl2NO4. The van der Waals surface area contributed by atoms with E-state index in [-0.39, 0.29) is 23.6 Å². The molecule has 0 N–H and O–H groups in total. The van der Waals surface area contributed by atoms with E-state index < -0.39 is 6.04 Å². The van der Waals surface area contributed by atoms with E-state index in [4.69, 9.17) is 32.4 Å². The summed E-state index contributed by atoms with van der Waals surface area (Å²) in [4.78, 5) is 29.1. The van der Waals surface area contributed by atoms with Crippen molar-refractivity contribution in [2.24, 2.45) is 0 Å². The van der Waals surface area contributed by atoms with Crippen LogP contribution in [0, 0.1) is 6.92 Å². The Morgan fingerprint density at radius 3 is 2.57 bits per heavy atom. The molecule has 0 bridgehead atoms. The Hall–Kier alpha value is -3.28. The molecule has 3 aromatic carbocycles. The maximum absolute atomic E-state index is 13.8. The Labute approximate surface area is 212 Å². The molecule has 1 unspecified atom stereocenters. The molecule has 5 nitrogen and oxygen atoms in total. The Bertz CT molecular complexity index is 1510. The van der Waals surface area contributed by atoms with Crippen LogP contribution in [0.4, 0.5) is 0 Å². The zero-order valence-corrected chi connectivity index (χ0v) is 20.8. The fraction of sp³-hybridized carbons (Fsp3) is 0.214. The molecule has 4 aromatic rings. The van der Waals surface area contributed by atoms with Gasteiger partial charge in [0.1, 0.15) is 11.3 Å². The van der Waals surface area contributed by atoms with Crippen LogP contribution >= 0.6 is 23.2 Å². The summed E-state index contributed by atoms with van der Waals surface area (Å²) in [5, 5.41) is 1.35. The lowest BCUT2D eigenvalue weighted by molar-refractivity contribution is 0.0714. The number of aryl methyl sites for hydroxylation is 1. The number of fused-ring (bicyclic) bond motifs is 2. The monoisotopic (exact) mass is 507 g/mol.